The van der Waals surface area contributed by atoms with Gasteiger partial charge in [0, 0.05) is 25.1 Å². The molecule has 0 spiro atoms. The largest absolute Gasteiger partial charge is 0.452 e. The summed E-state index contributed by atoms with van der Waals surface area (Å²) in [5, 5.41) is 0. The Balaban J connectivity index is 2.43. The second-order valence-corrected chi connectivity index (χ2v) is 3.26. The molecule has 0 aliphatic heterocycles. The normalized spacial score (nSPS) is 10.1. The van der Waals surface area contributed by atoms with Gasteiger partial charge in [0.05, 0.1) is 18.1 Å². The Labute approximate surface area is 92.7 Å². The molecule has 2 aromatic rings. The predicted octanol–water partition coefficient (Wildman–Crippen LogP) is 1.83. The average Bonchev–Trinajstić information content (AvgIpc) is 2.36. The summed E-state index contributed by atoms with van der Waals surface area (Å²) in [5.74, 6) is 0. The summed E-state index contributed by atoms with van der Waals surface area (Å²) >= 11 is 0. The highest BCUT2D eigenvalue weighted by molar-refractivity contribution is 5.90. The van der Waals surface area contributed by atoms with E-state index in [9.17, 15) is 4.79 Å². The van der Waals surface area contributed by atoms with Gasteiger partial charge in [-0.1, -0.05) is 0 Å². The number of amides is 1. The predicted molar refractivity (Wildman–Crippen MR) is 60.3 cm³/mol. The summed E-state index contributed by atoms with van der Waals surface area (Å²) in [5.41, 5.74) is 2.26. The minimum Gasteiger partial charge on any atom is -0.452 e. The SMILES string of the molecule is COC(=O)N(C)c1ccc2nccnc2c1. The van der Waals surface area contributed by atoms with Crippen LogP contribution in [0.2, 0.25) is 0 Å². The zero-order chi connectivity index (χ0) is 11.5. The van der Waals surface area contributed by atoms with Crippen LogP contribution in [-0.2, 0) is 4.74 Å². The Hall–Kier alpha value is -2.17. The molecular weight excluding hydrogens is 206 g/mol. The fourth-order valence-electron chi connectivity index (χ4n) is 1.40. The molecule has 0 bridgehead atoms. The Morgan fingerprint density at radius 2 is 1.94 bits per heavy atom. The van der Waals surface area contributed by atoms with E-state index in [1.54, 1.807) is 31.6 Å². The van der Waals surface area contributed by atoms with Crippen molar-refractivity contribution in [3.8, 4) is 0 Å². The van der Waals surface area contributed by atoms with Crippen molar-refractivity contribution >= 4 is 22.8 Å². The molecule has 0 aliphatic rings. The molecule has 0 radical (unpaired) electrons. The van der Waals surface area contributed by atoms with Crippen molar-refractivity contribution < 1.29 is 9.53 Å². The fourth-order valence-corrected chi connectivity index (χ4v) is 1.40. The molecule has 0 N–H and O–H groups in total. The maximum absolute atomic E-state index is 11.3. The van der Waals surface area contributed by atoms with Crippen LogP contribution in [0.3, 0.4) is 0 Å². The summed E-state index contributed by atoms with van der Waals surface area (Å²) in [6.07, 6.45) is 2.83. The third-order valence-corrected chi connectivity index (χ3v) is 2.29. The molecule has 0 saturated carbocycles. The van der Waals surface area contributed by atoms with Gasteiger partial charge in [-0.3, -0.25) is 14.9 Å². The van der Waals surface area contributed by atoms with Crippen LogP contribution in [0.5, 0.6) is 0 Å². The van der Waals surface area contributed by atoms with E-state index >= 15 is 0 Å². The summed E-state index contributed by atoms with van der Waals surface area (Å²) < 4.78 is 4.63. The molecule has 1 aromatic carbocycles. The zero-order valence-corrected chi connectivity index (χ0v) is 9.04. The van der Waals surface area contributed by atoms with E-state index in [-0.39, 0.29) is 0 Å². The lowest BCUT2D eigenvalue weighted by Gasteiger charge is -2.15. The van der Waals surface area contributed by atoms with Gasteiger partial charge in [-0.15, -0.1) is 0 Å². The summed E-state index contributed by atoms with van der Waals surface area (Å²) in [4.78, 5) is 21.0. The van der Waals surface area contributed by atoms with E-state index in [0.29, 0.717) is 0 Å². The highest BCUT2D eigenvalue weighted by atomic mass is 16.5. The average molecular weight is 217 g/mol. The highest BCUT2D eigenvalue weighted by Gasteiger charge is 2.10. The Kier molecular flexibility index (Phi) is 2.68. The molecular formula is C11H11N3O2. The van der Waals surface area contributed by atoms with E-state index in [0.717, 1.165) is 16.7 Å². The van der Waals surface area contributed by atoms with Crippen molar-refractivity contribution in [3.05, 3.63) is 30.6 Å². The Bertz CT molecular complexity index is 527. The first-order valence-electron chi connectivity index (χ1n) is 4.75. The number of fused-ring (bicyclic) bond motifs is 1. The molecule has 0 aliphatic carbocycles. The standard InChI is InChI=1S/C11H11N3O2/c1-14(11(15)16-2)8-3-4-9-10(7-8)13-6-5-12-9/h3-7H,1-2H3. The van der Waals surface area contributed by atoms with Gasteiger partial charge in [-0.2, -0.15) is 0 Å². The number of anilines is 1. The first-order valence-corrected chi connectivity index (χ1v) is 4.75. The third-order valence-electron chi connectivity index (χ3n) is 2.29. The number of benzene rings is 1. The van der Waals surface area contributed by atoms with Crippen LogP contribution in [0.1, 0.15) is 0 Å². The van der Waals surface area contributed by atoms with E-state index < -0.39 is 6.09 Å². The van der Waals surface area contributed by atoms with Gasteiger partial charge in [-0.25, -0.2) is 4.79 Å². The van der Waals surface area contributed by atoms with Crippen LogP contribution < -0.4 is 4.90 Å². The van der Waals surface area contributed by atoms with Crippen molar-refractivity contribution in [2.75, 3.05) is 19.1 Å². The second-order valence-electron chi connectivity index (χ2n) is 3.26. The lowest BCUT2D eigenvalue weighted by atomic mass is 10.2. The monoisotopic (exact) mass is 217 g/mol. The molecule has 0 atom stereocenters. The van der Waals surface area contributed by atoms with Crippen LogP contribution in [0, 0.1) is 0 Å². The van der Waals surface area contributed by atoms with Gasteiger partial charge in [0.2, 0.25) is 0 Å². The second kappa shape index (κ2) is 4.14. The molecule has 5 heteroatoms. The molecule has 16 heavy (non-hydrogen) atoms. The van der Waals surface area contributed by atoms with E-state index in [4.69, 9.17) is 0 Å². The van der Waals surface area contributed by atoms with Crippen LogP contribution in [0.4, 0.5) is 10.5 Å². The van der Waals surface area contributed by atoms with Crippen LogP contribution in [-0.4, -0.2) is 30.2 Å². The molecule has 1 amide bonds. The van der Waals surface area contributed by atoms with Crippen LogP contribution >= 0.6 is 0 Å². The molecule has 82 valence electrons. The first-order chi connectivity index (χ1) is 7.72. The van der Waals surface area contributed by atoms with Crippen LogP contribution in [0.25, 0.3) is 11.0 Å². The first kappa shape index (κ1) is 10.4. The number of ether oxygens (including phenoxy) is 1. The maximum atomic E-state index is 11.3. The molecule has 0 saturated heterocycles. The Morgan fingerprint density at radius 1 is 1.25 bits per heavy atom. The maximum Gasteiger partial charge on any atom is 0.413 e. The fraction of sp³-hybridized carbons (Fsp3) is 0.182. The van der Waals surface area contributed by atoms with E-state index in [1.165, 1.54) is 12.0 Å². The molecule has 0 fully saturated rings. The molecule has 1 aromatic heterocycles. The van der Waals surface area contributed by atoms with Gasteiger partial charge < -0.3 is 4.74 Å². The van der Waals surface area contributed by atoms with Gasteiger partial charge in [0.15, 0.2) is 0 Å². The topological polar surface area (TPSA) is 55.3 Å². The minimum absolute atomic E-state index is 0.414. The van der Waals surface area contributed by atoms with Crippen molar-refractivity contribution in [1.82, 2.24) is 9.97 Å². The number of carbonyl (C=O) groups is 1. The summed E-state index contributed by atoms with van der Waals surface area (Å²) in [7, 11) is 2.99. The van der Waals surface area contributed by atoms with Crippen molar-refractivity contribution in [1.29, 1.82) is 0 Å². The number of carbonyl (C=O) groups excluding carboxylic acids is 1. The van der Waals surface area contributed by atoms with Gasteiger partial charge >= 0.3 is 6.09 Å². The number of methoxy groups -OCH3 is 1. The Morgan fingerprint density at radius 3 is 2.62 bits per heavy atom. The molecule has 1 heterocycles. The molecule has 2 rings (SSSR count). The van der Waals surface area contributed by atoms with E-state index in [1.807, 2.05) is 6.07 Å². The molecule has 5 nitrogen and oxygen atoms in total. The minimum atomic E-state index is -0.414. The summed E-state index contributed by atoms with van der Waals surface area (Å²) in [6.45, 7) is 0. The van der Waals surface area contributed by atoms with Crippen LogP contribution in [0.15, 0.2) is 30.6 Å². The van der Waals surface area contributed by atoms with Gasteiger partial charge in [0.25, 0.3) is 0 Å². The van der Waals surface area contributed by atoms with Crippen molar-refractivity contribution in [3.63, 3.8) is 0 Å². The number of aromatic nitrogens is 2. The number of nitrogens with zero attached hydrogens (tertiary/aromatic N) is 3. The summed E-state index contributed by atoms with van der Waals surface area (Å²) in [6, 6.07) is 5.41. The molecule has 0 unspecified atom stereocenters. The third kappa shape index (κ3) is 1.79. The highest BCUT2D eigenvalue weighted by Crippen LogP contribution is 2.18. The zero-order valence-electron chi connectivity index (χ0n) is 9.04. The lowest BCUT2D eigenvalue weighted by molar-refractivity contribution is 0.180. The lowest BCUT2D eigenvalue weighted by Crippen LogP contribution is -2.25. The van der Waals surface area contributed by atoms with Crippen molar-refractivity contribution in [2.45, 2.75) is 0 Å². The van der Waals surface area contributed by atoms with Crippen molar-refractivity contribution in [2.24, 2.45) is 0 Å². The smallest absolute Gasteiger partial charge is 0.413 e. The number of hydrogen-bond donors (Lipinski definition) is 0. The number of hydrogen-bond acceptors (Lipinski definition) is 4. The number of rotatable bonds is 1. The van der Waals surface area contributed by atoms with Gasteiger partial charge in [0.1, 0.15) is 0 Å². The van der Waals surface area contributed by atoms with Gasteiger partial charge in [-0.05, 0) is 18.2 Å². The quantitative estimate of drug-likeness (QED) is 0.731. The van der Waals surface area contributed by atoms with E-state index in [2.05, 4.69) is 14.7 Å².